The number of halogens is 2. The van der Waals surface area contributed by atoms with Crippen molar-refractivity contribution in [2.45, 2.75) is 13.2 Å². The monoisotopic (exact) mass is 284 g/mol. The lowest BCUT2D eigenvalue weighted by Gasteiger charge is -2.06. The van der Waals surface area contributed by atoms with Gasteiger partial charge in [-0.3, -0.25) is 4.79 Å². The van der Waals surface area contributed by atoms with Gasteiger partial charge in [-0.25, -0.2) is 9.07 Å². The van der Waals surface area contributed by atoms with Crippen molar-refractivity contribution in [2.75, 3.05) is 5.32 Å². The average Bonchev–Trinajstić information content (AvgIpc) is 2.80. The molecule has 0 unspecified atom stereocenters. The van der Waals surface area contributed by atoms with Crippen LogP contribution in [0.15, 0.2) is 24.4 Å². The zero-order chi connectivity index (χ0) is 13.8. The van der Waals surface area contributed by atoms with Gasteiger partial charge in [-0.1, -0.05) is 16.8 Å². The molecule has 2 aromatic rings. The van der Waals surface area contributed by atoms with Crippen LogP contribution in [0.4, 0.5) is 10.1 Å². The number of anilines is 1. The lowest BCUT2D eigenvalue weighted by atomic mass is 10.3. The van der Waals surface area contributed by atoms with E-state index in [1.165, 1.54) is 23.0 Å². The van der Waals surface area contributed by atoms with Crippen LogP contribution < -0.4 is 5.32 Å². The largest absolute Gasteiger partial charge is 0.390 e. The van der Waals surface area contributed by atoms with Crippen LogP contribution in [0.3, 0.4) is 0 Å². The van der Waals surface area contributed by atoms with E-state index in [9.17, 15) is 9.18 Å². The Balaban J connectivity index is 2.01. The number of benzene rings is 1. The minimum Gasteiger partial charge on any atom is -0.390 e. The molecule has 0 spiro atoms. The third-order valence-electron chi connectivity index (χ3n) is 2.26. The molecule has 0 aliphatic carbocycles. The number of amides is 1. The fraction of sp³-hybridized carbons (Fsp3) is 0.182. The number of hydrogen-bond donors (Lipinski definition) is 2. The Bertz CT molecular complexity index is 602. The van der Waals surface area contributed by atoms with Crippen molar-refractivity contribution in [1.29, 1.82) is 0 Å². The smallest absolute Gasteiger partial charge is 0.246 e. The third-order valence-corrected chi connectivity index (χ3v) is 2.49. The maximum Gasteiger partial charge on any atom is 0.246 e. The standard InChI is InChI=1S/C11H10ClFN4O2/c12-7-1-2-10(9(13)3-7)14-11(19)5-17-4-8(6-18)15-16-17/h1-4,18H,5-6H2,(H,14,19). The van der Waals surface area contributed by atoms with E-state index in [0.29, 0.717) is 5.69 Å². The first-order chi connectivity index (χ1) is 9.08. The topological polar surface area (TPSA) is 80.0 Å². The van der Waals surface area contributed by atoms with Crippen molar-refractivity contribution in [3.8, 4) is 0 Å². The van der Waals surface area contributed by atoms with Crippen LogP contribution in [0.5, 0.6) is 0 Å². The molecule has 100 valence electrons. The summed E-state index contributed by atoms with van der Waals surface area (Å²) in [6.45, 7) is -0.386. The van der Waals surface area contributed by atoms with Crippen molar-refractivity contribution in [1.82, 2.24) is 15.0 Å². The molecule has 1 heterocycles. The Kier molecular flexibility index (Phi) is 4.08. The summed E-state index contributed by atoms with van der Waals surface area (Å²) in [7, 11) is 0. The van der Waals surface area contributed by atoms with Crippen molar-refractivity contribution >= 4 is 23.2 Å². The number of carbonyl (C=O) groups excluding carboxylic acids is 1. The molecule has 8 heteroatoms. The van der Waals surface area contributed by atoms with Gasteiger partial charge in [-0.2, -0.15) is 0 Å². The van der Waals surface area contributed by atoms with Crippen molar-refractivity contribution in [3.05, 3.63) is 40.9 Å². The highest BCUT2D eigenvalue weighted by molar-refractivity contribution is 6.30. The molecule has 0 saturated carbocycles. The van der Waals surface area contributed by atoms with Gasteiger partial charge in [0.15, 0.2) is 0 Å². The van der Waals surface area contributed by atoms with Gasteiger partial charge in [-0.15, -0.1) is 5.10 Å². The Labute approximate surface area is 112 Å². The summed E-state index contributed by atoms with van der Waals surface area (Å²) in [5.41, 5.74) is 0.391. The molecule has 0 atom stereocenters. The van der Waals surface area contributed by atoms with Gasteiger partial charge in [0.25, 0.3) is 0 Å². The van der Waals surface area contributed by atoms with E-state index < -0.39 is 11.7 Å². The maximum atomic E-state index is 13.4. The van der Waals surface area contributed by atoms with E-state index in [2.05, 4.69) is 15.6 Å². The van der Waals surface area contributed by atoms with E-state index in [1.54, 1.807) is 0 Å². The van der Waals surface area contributed by atoms with Crippen LogP contribution in [0, 0.1) is 5.82 Å². The molecule has 0 fully saturated rings. The van der Waals surface area contributed by atoms with E-state index in [1.807, 2.05) is 0 Å². The SMILES string of the molecule is O=C(Cn1cc(CO)nn1)Nc1ccc(Cl)cc1F. The Morgan fingerprint density at radius 1 is 1.53 bits per heavy atom. The second-order valence-electron chi connectivity index (χ2n) is 3.74. The summed E-state index contributed by atoms with van der Waals surface area (Å²) in [5, 5.41) is 18.7. The summed E-state index contributed by atoms with van der Waals surface area (Å²) < 4.78 is 14.7. The normalized spacial score (nSPS) is 10.5. The average molecular weight is 285 g/mol. The number of rotatable bonds is 4. The van der Waals surface area contributed by atoms with Gasteiger partial charge in [0.2, 0.25) is 5.91 Å². The minimum atomic E-state index is -0.615. The molecule has 19 heavy (non-hydrogen) atoms. The van der Waals surface area contributed by atoms with Crippen LogP contribution in [0.25, 0.3) is 0 Å². The molecular weight excluding hydrogens is 275 g/mol. The van der Waals surface area contributed by atoms with Crippen LogP contribution in [0.2, 0.25) is 5.02 Å². The molecule has 0 saturated heterocycles. The molecule has 0 aliphatic rings. The fourth-order valence-corrected chi connectivity index (χ4v) is 1.57. The predicted octanol–water partition coefficient (Wildman–Crippen LogP) is 1.20. The number of aromatic nitrogens is 3. The highest BCUT2D eigenvalue weighted by Gasteiger charge is 2.09. The summed E-state index contributed by atoms with van der Waals surface area (Å²) in [6.07, 6.45) is 1.43. The van der Waals surface area contributed by atoms with E-state index in [4.69, 9.17) is 16.7 Å². The second kappa shape index (κ2) is 5.77. The van der Waals surface area contributed by atoms with Gasteiger partial charge < -0.3 is 10.4 Å². The van der Waals surface area contributed by atoms with Gasteiger partial charge in [-0.05, 0) is 18.2 Å². The summed E-state index contributed by atoms with van der Waals surface area (Å²) in [6, 6.07) is 3.95. The molecule has 1 aromatic heterocycles. The molecule has 2 rings (SSSR count). The number of aliphatic hydroxyl groups excluding tert-OH is 1. The third kappa shape index (κ3) is 3.49. The van der Waals surface area contributed by atoms with Crippen LogP contribution in [-0.4, -0.2) is 26.0 Å². The molecule has 0 aliphatic heterocycles. The lowest BCUT2D eigenvalue weighted by Crippen LogP contribution is -2.19. The van der Waals surface area contributed by atoms with Gasteiger partial charge in [0, 0.05) is 5.02 Å². The Morgan fingerprint density at radius 2 is 2.32 bits per heavy atom. The Morgan fingerprint density at radius 3 is 2.95 bits per heavy atom. The minimum absolute atomic E-state index is 0.0388. The van der Waals surface area contributed by atoms with E-state index in [-0.39, 0.29) is 23.9 Å². The summed E-state index contributed by atoms with van der Waals surface area (Å²) >= 11 is 5.60. The number of hydrogen-bond acceptors (Lipinski definition) is 4. The van der Waals surface area contributed by atoms with Gasteiger partial charge in [0.05, 0.1) is 18.5 Å². The molecule has 2 N–H and O–H groups in total. The van der Waals surface area contributed by atoms with E-state index in [0.717, 1.165) is 6.07 Å². The molecular formula is C11H10ClFN4O2. The van der Waals surface area contributed by atoms with Crippen molar-refractivity contribution < 1.29 is 14.3 Å². The highest BCUT2D eigenvalue weighted by atomic mass is 35.5. The highest BCUT2D eigenvalue weighted by Crippen LogP contribution is 2.18. The van der Waals surface area contributed by atoms with Crippen molar-refractivity contribution in [2.24, 2.45) is 0 Å². The predicted molar refractivity (Wildman–Crippen MR) is 66.0 cm³/mol. The zero-order valence-corrected chi connectivity index (χ0v) is 10.4. The molecule has 1 aromatic carbocycles. The van der Waals surface area contributed by atoms with E-state index >= 15 is 0 Å². The number of aliphatic hydroxyl groups is 1. The summed E-state index contributed by atoms with van der Waals surface area (Å²) in [5.74, 6) is -1.08. The first-order valence-corrected chi connectivity index (χ1v) is 5.71. The molecule has 1 amide bonds. The lowest BCUT2D eigenvalue weighted by molar-refractivity contribution is -0.116. The summed E-state index contributed by atoms with van der Waals surface area (Å²) in [4.78, 5) is 11.7. The van der Waals surface area contributed by atoms with Crippen LogP contribution in [-0.2, 0) is 17.9 Å². The fourth-order valence-electron chi connectivity index (χ4n) is 1.42. The molecule has 0 radical (unpaired) electrons. The zero-order valence-electron chi connectivity index (χ0n) is 9.68. The first-order valence-electron chi connectivity index (χ1n) is 5.33. The van der Waals surface area contributed by atoms with Crippen molar-refractivity contribution in [3.63, 3.8) is 0 Å². The number of carbonyl (C=O) groups is 1. The number of nitrogens with one attached hydrogen (secondary N) is 1. The van der Waals surface area contributed by atoms with Gasteiger partial charge in [0.1, 0.15) is 18.1 Å². The number of nitrogens with zero attached hydrogens (tertiary/aromatic N) is 3. The van der Waals surface area contributed by atoms with Gasteiger partial charge >= 0.3 is 0 Å². The van der Waals surface area contributed by atoms with Crippen LogP contribution in [0.1, 0.15) is 5.69 Å². The van der Waals surface area contributed by atoms with Crippen LogP contribution >= 0.6 is 11.6 Å². The molecule has 6 nitrogen and oxygen atoms in total. The maximum absolute atomic E-state index is 13.4. The molecule has 0 bridgehead atoms. The quantitative estimate of drug-likeness (QED) is 0.884. The first kappa shape index (κ1) is 13.4. The second-order valence-corrected chi connectivity index (χ2v) is 4.17. The Hall–Kier alpha value is -1.99.